The predicted molar refractivity (Wildman–Crippen MR) is 497 cm³/mol. The lowest BCUT2D eigenvalue weighted by Gasteiger charge is -2.32. The first-order chi connectivity index (χ1) is 61.2. The molecule has 21 N–H and O–H groups in total. The van der Waals surface area contributed by atoms with Gasteiger partial charge in [0.2, 0.25) is 70.9 Å². The molecule has 0 radical (unpaired) electrons. The molecule has 12 atom stereocenters. The van der Waals surface area contributed by atoms with Crippen molar-refractivity contribution >= 4 is 106 Å². The summed E-state index contributed by atoms with van der Waals surface area (Å²) in [5.74, 6) is -8.03. The summed E-state index contributed by atoms with van der Waals surface area (Å²) in [6, 6.07) is 21.1. The molecule has 0 bridgehead atoms. The van der Waals surface area contributed by atoms with Gasteiger partial charge in [0.15, 0.2) is 35.2 Å². The molecule has 0 aliphatic carbocycles. The number of nitrogens with two attached hydrogens (primary N) is 3. The van der Waals surface area contributed by atoms with E-state index in [9.17, 15) is 71.9 Å². The van der Waals surface area contributed by atoms with E-state index < -0.39 is 106 Å². The van der Waals surface area contributed by atoms with Crippen molar-refractivity contribution in [2.24, 2.45) is 67.7 Å². The molecule has 3 aromatic carbocycles. The molecule has 3 aliphatic heterocycles. The van der Waals surface area contributed by atoms with Gasteiger partial charge in [0.1, 0.15) is 36.3 Å². The normalized spacial score (nSPS) is 24.8. The summed E-state index contributed by atoms with van der Waals surface area (Å²) < 4.78 is 0. The van der Waals surface area contributed by atoms with E-state index in [0.717, 1.165) is 0 Å². The van der Waals surface area contributed by atoms with Gasteiger partial charge < -0.3 is 97.0 Å². The van der Waals surface area contributed by atoms with Crippen LogP contribution in [0, 0.1) is 35.5 Å². The molecule has 0 saturated carbocycles. The molecule has 3 heterocycles. The smallest absolute Gasteiger partial charge is 0.247 e. The third kappa shape index (κ3) is 37.4. The first-order valence-electron chi connectivity index (χ1n) is 45.5. The largest absolute Gasteiger partial charge is 0.370 e. The van der Waals surface area contributed by atoms with Crippen LogP contribution >= 0.6 is 0 Å². The molecule has 3 aromatic rings. The second-order valence-electron chi connectivity index (χ2n) is 34.6. The van der Waals surface area contributed by atoms with E-state index in [1.807, 2.05) is 18.2 Å². The van der Waals surface area contributed by atoms with Crippen molar-refractivity contribution in [3.05, 3.63) is 108 Å². The van der Waals surface area contributed by atoms with Crippen LogP contribution in [0.5, 0.6) is 0 Å². The second kappa shape index (κ2) is 56.4. The van der Waals surface area contributed by atoms with E-state index in [1.165, 1.54) is 0 Å². The zero-order valence-corrected chi connectivity index (χ0v) is 78.4. The highest BCUT2D eigenvalue weighted by molar-refractivity contribution is 6.01. The van der Waals surface area contributed by atoms with Crippen molar-refractivity contribution in [1.82, 2.24) is 79.8 Å². The van der Waals surface area contributed by atoms with Crippen molar-refractivity contribution < 1.29 is 71.9 Å². The Labute approximate surface area is 760 Å². The molecule has 3 saturated heterocycles. The standard InChI is InChI=1S/C32H51N7O5.C31H49N7O5.C30H47N7O5/c1-7-24-29(43)38-26(22-14-9-8-10-15-22)30(44)35-18-12-11-17-32(4,39-27(41)21(2)3)25(40)20-23(28(42)37-24)16-13-19-36-31(33-5)34-6;1-6-23-28(42)37-25(21-13-8-7-9-14-21)29(43)34-17-11-10-16-31(4,38-26(40)20(2)3)24(39)19-22(27(41)36-23)15-12-18-35-30(32)33-5;1-5-22-27(41)36-24(20-12-7-6-8-13-20)28(42)33-16-10-9-15-30(4,37-25(39)19(2)3)23(38)18-21(26(40)35-22)14-11-17-34-29(31)32/h8-10,14-15,21,23-24,26H,7,11-13,16-20H2,1-6H3,(H,35,44)(H,37,42)(H,38,43)(H,39,41)(H2,33,34,36);7-9,13-14,20,22-23,25H,6,10-12,15-19H2,1-5H3,(H,34,43)(H,36,41)(H,37,42)(H,38,40)(H3,32,33,35);6-8,12-13,19,21-22,24H,5,9-11,14-18H2,1-4H3,(H,33,42)(H,35,40)(H,36,41)(H,37,39)(H4,31,32,34)/t23-,24+,26-,32-;22-,23+,25-,31-;21-,22+,24-,30-/m111/s1. The van der Waals surface area contributed by atoms with Gasteiger partial charge in [-0.05, 0) is 153 Å². The SMILES string of the molecule is CC[C@@H]1NC(=O)[C@H](CCCN=C(N)N)CC(=O)[C@](C)(NC(=O)C(C)C)CCCCNC(=O)[C@@H](c2ccccc2)NC1=O.CC[C@@H]1NC(=O)[C@H](CCCNC(=NC)NC)CC(=O)[C@](C)(NC(=O)C(C)C)CCCCNC(=O)[C@@H](c2ccccc2)NC1=O.CC[C@@H]1NC(=O)[C@H](CCCNC(N)=NC)CC(=O)[C@](C)(NC(=O)C(C)C)CCCCNC(=O)[C@@H](c2ccccc2)NC1=O. The fourth-order valence-corrected chi connectivity index (χ4v) is 14.7. The Bertz CT molecular complexity index is 4260. The van der Waals surface area contributed by atoms with Crippen molar-refractivity contribution in [2.45, 2.75) is 271 Å². The molecule has 714 valence electrons. The van der Waals surface area contributed by atoms with E-state index in [4.69, 9.17) is 17.2 Å². The van der Waals surface area contributed by atoms with Crippen LogP contribution in [0.3, 0.4) is 0 Å². The number of carbonyl (C=O) groups excluding carboxylic acids is 15. The molecule has 0 aromatic heterocycles. The van der Waals surface area contributed by atoms with Crippen molar-refractivity contribution in [3.8, 4) is 0 Å². The molecule has 6 rings (SSSR count). The molecule has 36 heteroatoms. The maximum Gasteiger partial charge on any atom is 0.247 e. The van der Waals surface area contributed by atoms with Crippen LogP contribution < -0.4 is 97.0 Å². The van der Waals surface area contributed by atoms with Crippen molar-refractivity contribution in [3.63, 3.8) is 0 Å². The summed E-state index contributed by atoms with van der Waals surface area (Å²) in [4.78, 5) is 212. The fourth-order valence-electron chi connectivity index (χ4n) is 14.7. The number of ketones is 3. The molecule has 12 amide bonds. The van der Waals surface area contributed by atoms with Crippen molar-refractivity contribution in [2.75, 3.05) is 60.4 Å². The molecule has 0 spiro atoms. The molecular weight excluding hydrogens is 1650 g/mol. The lowest BCUT2D eigenvalue weighted by molar-refractivity contribution is -0.137. The Morgan fingerprint density at radius 3 is 0.961 bits per heavy atom. The van der Waals surface area contributed by atoms with Gasteiger partial charge in [-0.25, -0.2) is 0 Å². The molecule has 129 heavy (non-hydrogen) atoms. The average molecular weight is 1800 g/mol. The van der Waals surface area contributed by atoms with E-state index in [1.54, 1.807) is 177 Å². The number of aliphatic imine (C=N–C) groups is 3. The van der Waals surface area contributed by atoms with E-state index in [-0.39, 0.29) is 134 Å². The Balaban J connectivity index is 0.000000405. The molecule has 36 nitrogen and oxygen atoms in total. The zero-order valence-electron chi connectivity index (χ0n) is 78.4. The summed E-state index contributed by atoms with van der Waals surface area (Å²) in [5, 5.41) is 43.3. The zero-order chi connectivity index (χ0) is 96.0. The maximum atomic E-state index is 13.9. The highest BCUT2D eigenvalue weighted by atomic mass is 16.2. The predicted octanol–water partition coefficient (Wildman–Crippen LogP) is 4.38. The highest BCUT2D eigenvalue weighted by Gasteiger charge is 2.43. The van der Waals surface area contributed by atoms with E-state index in [0.29, 0.717) is 145 Å². The van der Waals surface area contributed by atoms with Crippen LogP contribution in [0.1, 0.15) is 253 Å². The van der Waals surface area contributed by atoms with Gasteiger partial charge in [0.05, 0.1) is 16.6 Å². The molecule has 3 aliphatic rings. The number of hydrogen-bond acceptors (Lipinski definition) is 18. The number of amides is 12. The average Bonchev–Trinajstić information content (AvgIpc) is 0.841. The summed E-state index contributed by atoms with van der Waals surface area (Å²) in [7, 11) is 4.96. The number of rotatable bonds is 24. The Hall–Kier alpha value is -11.9. The first kappa shape index (κ1) is 109. The van der Waals surface area contributed by atoms with Crippen molar-refractivity contribution in [1.29, 1.82) is 0 Å². The van der Waals surface area contributed by atoms with Gasteiger partial charge in [-0.3, -0.25) is 86.9 Å². The van der Waals surface area contributed by atoms with E-state index >= 15 is 0 Å². The van der Waals surface area contributed by atoms with Crippen LogP contribution in [-0.2, 0) is 71.9 Å². The topological polar surface area (TPSA) is 552 Å². The lowest BCUT2D eigenvalue weighted by atomic mass is 9.83. The number of benzene rings is 3. The minimum absolute atomic E-state index is 0.0720. The summed E-state index contributed by atoms with van der Waals surface area (Å²) in [6.45, 7) is 23.1. The minimum Gasteiger partial charge on any atom is -0.370 e. The Morgan fingerprint density at radius 1 is 0.403 bits per heavy atom. The van der Waals surface area contributed by atoms with Crippen LogP contribution in [-0.4, -0.2) is 201 Å². The minimum atomic E-state index is -1.21. The lowest BCUT2D eigenvalue weighted by Crippen LogP contribution is -2.55. The number of Topliss-reactive ketones (excluding diaryl/α,β-unsaturated/α-hetero) is 3. The van der Waals surface area contributed by atoms with Crippen LogP contribution in [0.2, 0.25) is 0 Å². The Kier molecular flexibility index (Phi) is 47.9. The number of carbonyl (C=O) groups is 15. The molecular formula is C93H147N21O15. The number of nitrogens with one attached hydrogen (secondary N) is 15. The van der Waals surface area contributed by atoms with Gasteiger partial charge in [-0.1, -0.05) is 153 Å². The van der Waals surface area contributed by atoms with Gasteiger partial charge in [0.25, 0.3) is 0 Å². The Morgan fingerprint density at radius 2 is 0.698 bits per heavy atom. The van der Waals surface area contributed by atoms with Gasteiger partial charge in [-0.2, -0.15) is 0 Å². The van der Waals surface area contributed by atoms with Crippen LogP contribution in [0.15, 0.2) is 106 Å². The maximum absolute atomic E-state index is 13.9. The molecule has 3 fully saturated rings. The third-order valence-electron chi connectivity index (χ3n) is 23.2. The summed E-state index contributed by atoms with van der Waals surface area (Å²) in [6.07, 6.45) is 7.25. The second-order valence-corrected chi connectivity index (χ2v) is 34.6. The van der Waals surface area contributed by atoms with Gasteiger partial charge >= 0.3 is 0 Å². The highest BCUT2D eigenvalue weighted by Crippen LogP contribution is 2.29. The van der Waals surface area contributed by atoms with Gasteiger partial charge in [0, 0.05) is 115 Å². The number of hydrogen-bond donors (Lipinski definition) is 18. The van der Waals surface area contributed by atoms with E-state index in [2.05, 4.69) is 94.7 Å². The summed E-state index contributed by atoms with van der Waals surface area (Å²) >= 11 is 0. The first-order valence-corrected chi connectivity index (χ1v) is 45.5. The monoisotopic (exact) mass is 1800 g/mol. The molecule has 0 unspecified atom stereocenters. The fraction of sp³-hybridized carbons (Fsp3) is 0.613. The van der Waals surface area contributed by atoms with Crippen LogP contribution in [0.4, 0.5) is 0 Å². The summed E-state index contributed by atoms with van der Waals surface area (Å²) in [5.41, 5.74) is 14.8. The van der Waals surface area contributed by atoms with Gasteiger partial charge in [-0.15, -0.1) is 0 Å². The number of nitrogens with zero attached hydrogens (tertiary/aromatic N) is 3. The quantitative estimate of drug-likeness (QED) is 0.0336. The number of guanidine groups is 3. The van der Waals surface area contributed by atoms with Crippen LogP contribution in [0.25, 0.3) is 0 Å². The third-order valence-corrected chi connectivity index (χ3v) is 23.2.